The van der Waals surface area contributed by atoms with Gasteiger partial charge in [-0.25, -0.2) is 8.42 Å². The third-order valence-corrected chi connectivity index (χ3v) is 4.73. The Kier molecular flexibility index (Phi) is 4.32. The predicted octanol–water partition coefficient (Wildman–Crippen LogP) is 1.03. The number of sulfone groups is 1. The van der Waals surface area contributed by atoms with Crippen LogP contribution in [0.4, 0.5) is 0 Å². The summed E-state index contributed by atoms with van der Waals surface area (Å²) in [6.45, 7) is 0.562. The number of amides is 1. The summed E-state index contributed by atoms with van der Waals surface area (Å²) in [6, 6.07) is 6.01. The number of hydrogen-bond donors (Lipinski definition) is 1. The second-order valence-electron chi connectivity index (χ2n) is 5.20. The lowest BCUT2D eigenvalue weighted by Crippen LogP contribution is -2.42. The Morgan fingerprint density at radius 2 is 1.95 bits per heavy atom. The molecule has 0 bridgehead atoms. The summed E-state index contributed by atoms with van der Waals surface area (Å²) < 4.78 is 23.5. The lowest BCUT2D eigenvalue weighted by atomic mass is 9.97. The van der Waals surface area contributed by atoms with Gasteiger partial charge in [-0.3, -0.25) is 9.59 Å². The number of hydrogen-bond acceptors (Lipinski definition) is 4. The Hall–Kier alpha value is -1.89. The molecule has 0 unspecified atom stereocenters. The fourth-order valence-corrected chi connectivity index (χ4v) is 3.38. The maximum atomic E-state index is 12.5. The number of rotatable bonds is 3. The van der Waals surface area contributed by atoms with Crippen LogP contribution in [0, 0.1) is 5.92 Å². The second kappa shape index (κ2) is 5.85. The number of benzene rings is 1. The zero-order chi connectivity index (χ0) is 15.6. The summed E-state index contributed by atoms with van der Waals surface area (Å²) in [7, 11) is -3.51. The Labute approximate surface area is 123 Å². The highest BCUT2D eigenvalue weighted by Crippen LogP contribution is 2.22. The predicted molar refractivity (Wildman–Crippen MR) is 75.8 cm³/mol. The van der Waals surface area contributed by atoms with Gasteiger partial charge < -0.3 is 10.0 Å². The zero-order valence-corrected chi connectivity index (χ0v) is 12.5. The molecule has 1 heterocycles. The van der Waals surface area contributed by atoms with Gasteiger partial charge in [0.2, 0.25) is 0 Å². The maximum Gasteiger partial charge on any atom is 0.308 e. The third kappa shape index (κ3) is 3.41. The van der Waals surface area contributed by atoms with Crippen molar-refractivity contribution < 1.29 is 23.1 Å². The van der Waals surface area contributed by atoms with Crippen LogP contribution in [0.25, 0.3) is 0 Å². The Balaban J connectivity index is 2.31. The van der Waals surface area contributed by atoms with E-state index in [1.54, 1.807) is 12.1 Å². The van der Waals surface area contributed by atoms with Crippen LogP contribution in [0.5, 0.6) is 0 Å². The molecule has 21 heavy (non-hydrogen) atoms. The molecule has 1 aromatic carbocycles. The average Bonchev–Trinajstić information content (AvgIpc) is 2.45. The quantitative estimate of drug-likeness (QED) is 0.900. The van der Waals surface area contributed by atoms with Crippen molar-refractivity contribution in [2.45, 2.75) is 17.7 Å². The molecule has 2 rings (SSSR count). The number of piperidine rings is 1. The van der Waals surface area contributed by atoms with E-state index in [-0.39, 0.29) is 17.0 Å². The van der Waals surface area contributed by atoms with Gasteiger partial charge in [-0.2, -0.15) is 0 Å². The van der Waals surface area contributed by atoms with Crippen molar-refractivity contribution in [2.24, 2.45) is 5.92 Å². The average molecular weight is 311 g/mol. The molecule has 0 saturated carbocycles. The molecule has 114 valence electrons. The summed E-state index contributed by atoms with van der Waals surface area (Å²) >= 11 is 0. The molecule has 1 saturated heterocycles. The van der Waals surface area contributed by atoms with Crippen LogP contribution in [0.2, 0.25) is 0 Å². The smallest absolute Gasteiger partial charge is 0.308 e. The standard InChI is InChI=1S/C14H17NO5S/c1-21(19,20)12-7-3-2-6-11(12)13(16)15-8-4-5-10(9-15)14(17)18/h2-3,6-7,10H,4-5,8-9H2,1H3,(H,17,18)/t10-/m1/s1. The van der Waals surface area contributed by atoms with Crippen molar-refractivity contribution in [2.75, 3.05) is 19.3 Å². The third-order valence-electron chi connectivity index (χ3n) is 3.57. The number of aliphatic carboxylic acids is 1. The molecule has 0 aromatic heterocycles. The van der Waals surface area contributed by atoms with Gasteiger partial charge in [0, 0.05) is 19.3 Å². The highest BCUT2D eigenvalue weighted by Gasteiger charge is 2.30. The summed E-state index contributed by atoms with van der Waals surface area (Å²) in [6.07, 6.45) is 2.19. The molecule has 1 amide bonds. The van der Waals surface area contributed by atoms with Crippen LogP contribution < -0.4 is 0 Å². The number of nitrogens with zero attached hydrogens (tertiary/aromatic N) is 1. The van der Waals surface area contributed by atoms with E-state index in [1.165, 1.54) is 17.0 Å². The zero-order valence-electron chi connectivity index (χ0n) is 11.7. The molecule has 1 atom stereocenters. The first-order valence-electron chi connectivity index (χ1n) is 6.62. The summed E-state index contributed by atoms with van der Waals surface area (Å²) in [5.74, 6) is -1.95. The first-order chi connectivity index (χ1) is 9.80. The fourth-order valence-electron chi connectivity index (χ4n) is 2.50. The highest BCUT2D eigenvalue weighted by molar-refractivity contribution is 7.90. The van der Waals surface area contributed by atoms with Crippen LogP contribution in [-0.2, 0) is 14.6 Å². The lowest BCUT2D eigenvalue weighted by molar-refractivity contribution is -0.143. The summed E-state index contributed by atoms with van der Waals surface area (Å²) in [5.41, 5.74) is 0.103. The van der Waals surface area contributed by atoms with E-state index in [0.717, 1.165) is 6.26 Å². The Bertz CT molecular complexity index is 668. The van der Waals surface area contributed by atoms with Crippen molar-refractivity contribution in [1.82, 2.24) is 4.90 Å². The Morgan fingerprint density at radius 3 is 2.57 bits per heavy atom. The highest BCUT2D eigenvalue weighted by atomic mass is 32.2. The van der Waals surface area contributed by atoms with Gasteiger partial charge in [-0.15, -0.1) is 0 Å². The van der Waals surface area contributed by atoms with E-state index in [1.807, 2.05) is 0 Å². The van der Waals surface area contributed by atoms with E-state index in [9.17, 15) is 18.0 Å². The molecule has 1 aromatic rings. The van der Waals surface area contributed by atoms with Crippen molar-refractivity contribution in [3.8, 4) is 0 Å². The minimum Gasteiger partial charge on any atom is -0.481 e. The maximum absolute atomic E-state index is 12.5. The van der Waals surface area contributed by atoms with Gasteiger partial charge in [0.1, 0.15) is 0 Å². The molecule has 1 fully saturated rings. The van der Waals surface area contributed by atoms with E-state index < -0.39 is 27.6 Å². The van der Waals surface area contributed by atoms with Gasteiger partial charge in [-0.1, -0.05) is 12.1 Å². The molecule has 7 heteroatoms. The van der Waals surface area contributed by atoms with E-state index in [0.29, 0.717) is 19.4 Å². The van der Waals surface area contributed by atoms with Crippen molar-refractivity contribution in [3.05, 3.63) is 29.8 Å². The molecule has 1 aliphatic heterocycles. The van der Waals surface area contributed by atoms with Crippen molar-refractivity contribution in [3.63, 3.8) is 0 Å². The number of carboxylic acids is 1. The van der Waals surface area contributed by atoms with Crippen molar-refractivity contribution in [1.29, 1.82) is 0 Å². The van der Waals surface area contributed by atoms with Gasteiger partial charge in [0.05, 0.1) is 16.4 Å². The molecule has 0 radical (unpaired) electrons. The largest absolute Gasteiger partial charge is 0.481 e. The first-order valence-corrected chi connectivity index (χ1v) is 8.51. The molecule has 1 aliphatic rings. The number of likely N-dealkylation sites (tertiary alicyclic amines) is 1. The van der Waals surface area contributed by atoms with Gasteiger partial charge >= 0.3 is 5.97 Å². The number of carboxylic acid groups (broad SMARTS) is 1. The minimum atomic E-state index is -3.51. The van der Waals surface area contributed by atoms with Crippen LogP contribution in [-0.4, -0.2) is 49.6 Å². The molecule has 0 aliphatic carbocycles. The number of carbonyl (C=O) groups excluding carboxylic acids is 1. The normalized spacial score (nSPS) is 19.3. The fraction of sp³-hybridized carbons (Fsp3) is 0.429. The lowest BCUT2D eigenvalue weighted by Gasteiger charge is -2.31. The minimum absolute atomic E-state index is 0.0209. The van der Waals surface area contributed by atoms with Gasteiger partial charge in [-0.05, 0) is 25.0 Å². The van der Waals surface area contributed by atoms with E-state index in [4.69, 9.17) is 5.11 Å². The Morgan fingerprint density at radius 1 is 1.29 bits per heavy atom. The summed E-state index contributed by atoms with van der Waals surface area (Å²) in [5, 5.41) is 9.06. The second-order valence-corrected chi connectivity index (χ2v) is 7.18. The SMILES string of the molecule is CS(=O)(=O)c1ccccc1C(=O)N1CCC[C@@H](C(=O)O)C1. The molecule has 6 nitrogen and oxygen atoms in total. The molecular weight excluding hydrogens is 294 g/mol. The van der Waals surface area contributed by atoms with Crippen LogP contribution >= 0.6 is 0 Å². The topological polar surface area (TPSA) is 91.8 Å². The first kappa shape index (κ1) is 15.5. The van der Waals surface area contributed by atoms with Crippen LogP contribution in [0.15, 0.2) is 29.2 Å². The van der Waals surface area contributed by atoms with Gasteiger partial charge in [0.25, 0.3) is 5.91 Å². The molecule has 0 spiro atoms. The van der Waals surface area contributed by atoms with E-state index >= 15 is 0 Å². The monoisotopic (exact) mass is 311 g/mol. The van der Waals surface area contributed by atoms with Crippen LogP contribution in [0.1, 0.15) is 23.2 Å². The molecular formula is C14H17NO5S. The summed E-state index contributed by atoms with van der Waals surface area (Å²) in [4.78, 5) is 25.0. The van der Waals surface area contributed by atoms with Gasteiger partial charge in [0.15, 0.2) is 9.84 Å². The van der Waals surface area contributed by atoms with Crippen molar-refractivity contribution >= 4 is 21.7 Å². The van der Waals surface area contributed by atoms with E-state index in [2.05, 4.69) is 0 Å². The van der Waals surface area contributed by atoms with Crippen LogP contribution in [0.3, 0.4) is 0 Å². The number of carbonyl (C=O) groups is 2. The molecule has 1 N–H and O–H groups in total.